The Hall–Kier alpha value is -1.31. The lowest BCUT2D eigenvalue weighted by atomic mass is 10.3. The van der Waals surface area contributed by atoms with Crippen LogP contribution in [0.2, 0.25) is 0 Å². The molecular weight excluding hydrogens is 250 g/mol. The highest BCUT2D eigenvalue weighted by atomic mass is 32.1. The molecule has 2 aromatic heterocycles. The van der Waals surface area contributed by atoms with Gasteiger partial charge in [0.1, 0.15) is 5.51 Å². The van der Waals surface area contributed by atoms with Gasteiger partial charge in [0, 0.05) is 31.7 Å². The molecule has 18 heavy (non-hydrogen) atoms. The van der Waals surface area contributed by atoms with Crippen LogP contribution in [0, 0.1) is 0 Å². The maximum Gasteiger partial charge on any atom is 0.275 e. The Bertz CT molecular complexity index is 607. The molecule has 0 bridgehead atoms. The van der Waals surface area contributed by atoms with E-state index in [1.807, 2.05) is 7.05 Å². The minimum Gasteiger partial charge on any atom is -0.316 e. The first-order valence-corrected chi connectivity index (χ1v) is 6.86. The second-order valence-corrected chi connectivity index (χ2v) is 5.34. The number of hydrogen-bond acceptors (Lipinski definition) is 6. The van der Waals surface area contributed by atoms with Crippen molar-refractivity contribution in [3.8, 4) is 0 Å². The van der Waals surface area contributed by atoms with Crippen LogP contribution in [0.15, 0.2) is 16.4 Å². The fourth-order valence-electron chi connectivity index (χ4n) is 2.32. The van der Waals surface area contributed by atoms with Gasteiger partial charge in [-0.2, -0.15) is 9.61 Å². The molecule has 0 spiro atoms. The van der Waals surface area contributed by atoms with Gasteiger partial charge in [-0.25, -0.2) is 4.98 Å². The van der Waals surface area contributed by atoms with Crippen molar-refractivity contribution in [2.75, 3.05) is 20.1 Å². The summed E-state index contributed by atoms with van der Waals surface area (Å²) < 4.78 is 1.34. The lowest BCUT2D eigenvalue weighted by molar-refractivity contribution is 0.318. The summed E-state index contributed by atoms with van der Waals surface area (Å²) in [5.41, 5.74) is 2.38. The molecule has 6 nitrogen and oxygen atoms in total. The quantitative estimate of drug-likeness (QED) is 0.843. The normalized spacial score (nSPS) is 20.8. The monoisotopic (exact) mass is 265 g/mol. The molecule has 0 saturated carbocycles. The third-order valence-corrected chi connectivity index (χ3v) is 3.98. The van der Waals surface area contributed by atoms with Crippen LogP contribution in [0.4, 0.5) is 0 Å². The summed E-state index contributed by atoms with van der Waals surface area (Å²) in [4.78, 5) is 19.2. The predicted octanol–water partition coefficient (Wildman–Crippen LogP) is -0.0553. The van der Waals surface area contributed by atoms with Gasteiger partial charge >= 0.3 is 0 Å². The average Bonchev–Trinajstić information content (AvgIpc) is 2.97. The minimum atomic E-state index is -0.0967. The fraction of sp³-hybridized carbons (Fsp3) is 0.545. The lowest BCUT2D eigenvalue weighted by Gasteiger charge is -2.14. The molecule has 1 aliphatic heterocycles. The summed E-state index contributed by atoms with van der Waals surface area (Å²) in [6, 6.07) is 2.14. The molecule has 1 atom stereocenters. The predicted molar refractivity (Wildman–Crippen MR) is 69.9 cm³/mol. The number of aromatic nitrogens is 3. The number of likely N-dealkylation sites (tertiary alicyclic amines) is 1. The fourth-order valence-corrected chi connectivity index (χ4v) is 2.97. The molecule has 3 heterocycles. The molecule has 1 aliphatic rings. The number of hydrogen-bond donors (Lipinski definition) is 1. The van der Waals surface area contributed by atoms with Crippen LogP contribution in [0.5, 0.6) is 0 Å². The van der Waals surface area contributed by atoms with Crippen molar-refractivity contribution >= 4 is 16.3 Å². The van der Waals surface area contributed by atoms with Crippen molar-refractivity contribution in [1.29, 1.82) is 0 Å². The second kappa shape index (κ2) is 4.75. The smallest absolute Gasteiger partial charge is 0.275 e. The summed E-state index contributed by atoms with van der Waals surface area (Å²) in [6.07, 6.45) is 1.15. The van der Waals surface area contributed by atoms with E-state index in [-0.39, 0.29) is 5.56 Å². The molecule has 1 N–H and O–H groups in total. The average molecular weight is 265 g/mol. The first-order chi connectivity index (χ1) is 8.76. The van der Waals surface area contributed by atoms with Gasteiger partial charge in [0.15, 0.2) is 0 Å². The Balaban J connectivity index is 1.81. The van der Waals surface area contributed by atoms with E-state index in [4.69, 9.17) is 0 Å². The summed E-state index contributed by atoms with van der Waals surface area (Å²) in [7, 11) is 1.99. The van der Waals surface area contributed by atoms with Crippen LogP contribution in [-0.4, -0.2) is 45.7 Å². The summed E-state index contributed by atoms with van der Waals surface area (Å²) >= 11 is 1.39. The van der Waals surface area contributed by atoms with Gasteiger partial charge in [0.05, 0.1) is 5.69 Å². The zero-order valence-electron chi connectivity index (χ0n) is 10.2. The van der Waals surface area contributed by atoms with Gasteiger partial charge in [-0.15, -0.1) is 0 Å². The highest BCUT2D eigenvalue weighted by molar-refractivity contribution is 7.14. The first kappa shape index (κ1) is 11.8. The molecule has 0 aliphatic carbocycles. The third kappa shape index (κ3) is 2.16. The van der Waals surface area contributed by atoms with E-state index in [1.54, 1.807) is 11.6 Å². The van der Waals surface area contributed by atoms with Gasteiger partial charge in [0.2, 0.25) is 4.96 Å². The van der Waals surface area contributed by atoms with E-state index in [9.17, 15) is 4.79 Å². The molecule has 96 valence electrons. The number of fused-ring (bicyclic) bond motifs is 1. The molecule has 0 amide bonds. The van der Waals surface area contributed by atoms with Gasteiger partial charge < -0.3 is 5.32 Å². The van der Waals surface area contributed by atoms with Crippen LogP contribution in [0.1, 0.15) is 12.1 Å². The van der Waals surface area contributed by atoms with E-state index in [1.165, 1.54) is 15.9 Å². The zero-order chi connectivity index (χ0) is 12.5. The summed E-state index contributed by atoms with van der Waals surface area (Å²) in [6.45, 7) is 2.80. The second-order valence-electron chi connectivity index (χ2n) is 4.53. The van der Waals surface area contributed by atoms with Crippen molar-refractivity contribution in [3.63, 3.8) is 0 Å². The number of rotatable bonds is 3. The largest absolute Gasteiger partial charge is 0.316 e. The molecule has 7 heteroatoms. The van der Waals surface area contributed by atoms with E-state index >= 15 is 0 Å². The van der Waals surface area contributed by atoms with E-state index < -0.39 is 0 Å². The number of likely N-dealkylation sites (N-methyl/N-ethyl adjacent to an activating group) is 1. The van der Waals surface area contributed by atoms with Crippen LogP contribution in [-0.2, 0) is 6.54 Å². The van der Waals surface area contributed by atoms with Gasteiger partial charge in [0.25, 0.3) is 5.56 Å². The Morgan fingerprint density at radius 3 is 3.28 bits per heavy atom. The topological polar surface area (TPSA) is 62.5 Å². The van der Waals surface area contributed by atoms with Crippen molar-refractivity contribution in [3.05, 3.63) is 27.6 Å². The number of nitrogens with zero attached hydrogens (tertiary/aromatic N) is 4. The summed E-state index contributed by atoms with van der Waals surface area (Å²) in [5.74, 6) is 0. The van der Waals surface area contributed by atoms with Crippen LogP contribution < -0.4 is 10.9 Å². The molecule has 0 aromatic carbocycles. The van der Waals surface area contributed by atoms with Gasteiger partial charge in [-0.1, -0.05) is 11.3 Å². The molecule has 3 rings (SSSR count). The number of nitrogens with one attached hydrogen (secondary N) is 1. The Kier molecular flexibility index (Phi) is 3.11. The molecule has 1 fully saturated rings. The maximum absolute atomic E-state index is 11.8. The van der Waals surface area contributed by atoms with E-state index in [2.05, 4.69) is 20.3 Å². The maximum atomic E-state index is 11.8. The van der Waals surface area contributed by atoms with Crippen molar-refractivity contribution in [1.82, 2.24) is 24.8 Å². The van der Waals surface area contributed by atoms with Gasteiger partial charge in [-0.3, -0.25) is 9.69 Å². The molecule has 1 unspecified atom stereocenters. The zero-order valence-corrected chi connectivity index (χ0v) is 11.0. The lowest BCUT2D eigenvalue weighted by Crippen LogP contribution is -2.30. The van der Waals surface area contributed by atoms with E-state index in [0.717, 1.165) is 31.7 Å². The minimum absolute atomic E-state index is 0.0967. The highest BCUT2D eigenvalue weighted by Crippen LogP contribution is 2.12. The SMILES string of the molecule is CNC1CCN(Cc2cc(=O)n3ncsc3n2)C1. The van der Waals surface area contributed by atoms with Crippen LogP contribution in [0.25, 0.3) is 4.96 Å². The van der Waals surface area contributed by atoms with E-state index in [0.29, 0.717) is 11.0 Å². The standard InChI is InChI=1S/C11H15N5OS/c1-12-8-2-3-15(5-8)6-9-4-10(17)16-11(14-9)18-7-13-16/h4,7-8,12H,2-3,5-6H2,1H3. The van der Waals surface area contributed by atoms with Crippen molar-refractivity contribution in [2.24, 2.45) is 0 Å². The molecule has 2 aromatic rings. The first-order valence-electron chi connectivity index (χ1n) is 5.98. The molecular formula is C11H15N5OS. The van der Waals surface area contributed by atoms with Crippen LogP contribution in [0.3, 0.4) is 0 Å². The third-order valence-electron chi connectivity index (χ3n) is 3.31. The molecule has 1 saturated heterocycles. The van der Waals surface area contributed by atoms with Crippen LogP contribution >= 0.6 is 11.3 Å². The summed E-state index contributed by atoms with van der Waals surface area (Å²) in [5, 5.41) is 7.23. The molecule has 0 radical (unpaired) electrons. The Labute approximate surface area is 108 Å². The van der Waals surface area contributed by atoms with Gasteiger partial charge in [-0.05, 0) is 13.5 Å². The van der Waals surface area contributed by atoms with Crippen molar-refractivity contribution in [2.45, 2.75) is 19.0 Å². The Morgan fingerprint density at radius 1 is 1.61 bits per heavy atom. The van der Waals surface area contributed by atoms with Crippen molar-refractivity contribution < 1.29 is 0 Å². The Morgan fingerprint density at radius 2 is 2.50 bits per heavy atom. The highest BCUT2D eigenvalue weighted by Gasteiger charge is 2.21.